The van der Waals surface area contributed by atoms with Crippen molar-refractivity contribution in [1.29, 1.82) is 0 Å². The van der Waals surface area contributed by atoms with Crippen LogP contribution in [0.2, 0.25) is 0 Å². The Balaban J connectivity index is 1.14. The number of imidazole rings is 2. The zero-order valence-electron chi connectivity index (χ0n) is 22.2. The van der Waals surface area contributed by atoms with Crippen LogP contribution in [0.1, 0.15) is 22.9 Å². The fourth-order valence-corrected chi connectivity index (χ4v) is 5.60. The molecule has 8 bridgehead atoms. The lowest BCUT2D eigenvalue weighted by molar-refractivity contribution is 0.0762. The van der Waals surface area contributed by atoms with Crippen molar-refractivity contribution in [2.45, 2.75) is 26.4 Å². The third kappa shape index (κ3) is 3.73. The summed E-state index contributed by atoms with van der Waals surface area (Å²) in [6.07, 6.45) is 3.62. The van der Waals surface area contributed by atoms with Crippen molar-refractivity contribution < 1.29 is 18.3 Å². The summed E-state index contributed by atoms with van der Waals surface area (Å²) in [5.41, 5.74) is 10.3. The Morgan fingerprint density at radius 2 is 0.952 bits per heavy atom. The highest BCUT2D eigenvalue weighted by atomic mass is 16.5. The largest absolute Gasteiger partial charge is 0.438 e. The molecule has 4 aliphatic heterocycles. The van der Waals surface area contributed by atoms with Crippen LogP contribution < -0.4 is 0 Å². The summed E-state index contributed by atoms with van der Waals surface area (Å²) in [5.74, 6) is 0.930. The van der Waals surface area contributed by atoms with Crippen molar-refractivity contribution in [2.24, 2.45) is 0 Å². The Morgan fingerprint density at radius 1 is 0.500 bits per heavy atom. The molecule has 12 rings (SSSR count). The van der Waals surface area contributed by atoms with E-state index in [1.54, 1.807) is 0 Å². The Labute approximate surface area is 237 Å². The van der Waals surface area contributed by atoms with Gasteiger partial charge in [0, 0.05) is 11.4 Å². The van der Waals surface area contributed by atoms with Crippen LogP contribution in [-0.4, -0.2) is 29.1 Å². The van der Waals surface area contributed by atoms with Crippen molar-refractivity contribution in [1.82, 2.24) is 29.1 Å². The van der Waals surface area contributed by atoms with Crippen LogP contribution >= 0.6 is 0 Å². The zero-order valence-corrected chi connectivity index (χ0v) is 22.2. The lowest BCUT2D eigenvalue weighted by atomic mass is 10.2. The van der Waals surface area contributed by atoms with Gasteiger partial charge in [-0.2, -0.15) is 0 Å². The smallest absolute Gasteiger partial charge is 0.221 e. The van der Waals surface area contributed by atoms with E-state index in [9.17, 15) is 0 Å². The molecule has 0 radical (unpaired) electrons. The monoisotopic (exact) mass is 554 g/mol. The lowest BCUT2D eigenvalue weighted by Gasteiger charge is -2.09. The van der Waals surface area contributed by atoms with Crippen molar-refractivity contribution >= 4 is 44.3 Å². The van der Waals surface area contributed by atoms with E-state index >= 15 is 0 Å². The van der Waals surface area contributed by atoms with E-state index in [2.05, 4.69) is 58.5 Å². The standard InChI is InChI=1S/C32H22N6O4/c1-5-21-6-2-19(1)13-39-14-20-3-7-22(8-4-20)38-18-34-24-10-12-26-30(32(24)38)36-28(42-26)16-40-15-27-35-29-25(41-27)11-9-23-31(29)37(21)17-33-23/h1-12,17-18H,13-16H2. The van der Waals surface area contributed by atoms with Crippen LogP contribution in [0.4, 0.5) is 0 Å². The molecule has 0 unspecified atom stereocenters. The Kier molecular flexibility index (Phi) is 5.07. The maximum atomic E-state index is 6.05. The van der Waals surface area contributed by atoms with Crippen LogP contribution in [0.5, 0.6) is 0 Å². The molecule has 8 heterocycles. The summed E-state index contributed by atoms with van der Waals surface area (Å²) in [5, 5.41) is 0. The Hall–Kier alpha value is -5.32. The molecule has 204 valence electrons. The molecule has 0 saturated carbocycles. The van der Waals surface area contributed by atoms with Crippen molar-refractivity contribution in [2.75, 3.05) is 0 Å². The van der Waals surface area contributed by atoms with Gasteiger partial charge in [0.05, 0.1) is 24.2 Å². The van der Waals surface area contributed by atoms with Gasteiger partial charge in [0.15, 0.2) is 11.2 Å². The van der Waals surface area contributed by atoms with Gasteiger partial charge in [0.1, 0.15) is 47.9 Å². The van der Waals surface area contributed by atoms with E-state index < -0.39 is 0 Å². The highest BCUT2D eigenvalue weighted by molar-refractivity contribution is 6.01. The zero-order chi connectivity index (χ0) is 27.6. The predicted octanol–water partition coefficient (Wildman–Crippen LogP) is 6.39. The van der Waals surface area contributed by atoms with Gasteiger partial charge in [-0.3, -0.25) is 9.13 Å². The highest BCUT2D eigenvalue weighted by Gasteiger charge is 2.17. The second kappa shape index (κ2) is 9.10. The number of oxazole rings is 2. The first kappa shape index (κ1) is 23.4. The number of nitrogens with zero attached hydrogens (tertiary/aromatic N) is 6. The quantitative estimate of drug-likeness (QED) is 0.212. The number of ether oxygens (including phenoxy) is 2. The molecular weight excluding hydrogens is 532 g/mol. The van der Waals surface area contributed by atoms with Gasteiger partial charge in [0.25, 0.3) is 0 Å². The highest BCUT2D eigenvalue weighted by Crippen LogP contribution is 2.30. The molecule has 0 spiro atoms. The van der Waals surface area contributed by atoms with Gasteiger partial charge in [-0.15, -0.1) is 0 Å². The van der Waals surface area contributed by atoms with Crippen molar-refractivity contribution in [3.63, 3.8) is 0 Å². The molecule has 0 saturated heterocycles. The normalized spacial score (nSPS) is 14.1. The summed E-state index contributed by atoms with van der Waals surface area (Å²) in [4.78, 5) is 18.7. The summed E-state index contributed by atoms with van der Waals surface area (Å²) in [6, 6.07) is 24.2. The van der Waals surface area contributed by atoms with Crippen LogP contribution in [-0.2, 0) is 35.9 Å². The molecule has 4 aromatic heterocycles. The Morgan fingerprint density at radius 3 is 1.43 bits per heavy atom. The van der Waals surface area contributed by atoms with Crippen LogP contribution in [0.25, 0.3) is 55.6 Å². The number of hydrogen-bond donors (Lipinski definition) is 0. The van der Waals surface area contributed by atoms with Gasteiger partial charge in [0.2, 0.25) is 11.8 Å². The minimum absolute atomic E-state index is 0.164. The Bertz CT molecular complexity index is 2100. The molecule has 4 aliphatic rings. The molecule has 0 fully saturated rings. The second-order valence-electron chi connectivity index (χ2n) is 10.3. The topological polar surface area (TPSA) is 106 Å². The third-order valence-corrected chi connectivity index (χ3v) is 7.64. The van der Waals surface area contributed by atoms with Crippen LogP contribution in [0.15, 0.2) is 94.3 Å². The lowest BCUT2D eigenvalue weighted by Crippen LogP contribution is -1.98. The number of benzene rings is 4. The van der Waals surface area contributed by atoms with E-state index in [1.807, 2.05) is 46.1 Å². The van der Waals surface area contributed by atoms with Gasteiger partial charge in [-0.1, -0.05) is 24.3 Å². The molecule has 0 N–H and O–H groups in total. The van der Waals surface area contributed by atoms with E-state index in [0.717, 1.165) is 55.6 Å². The second-order valence-corrected chi connectivity index (χ2v) is 10.3. The number of rotatable bonds is 0. The average molecular weight is 555 g/mol. The molecule has 0 amide bonds. The van der Waals surface area contributed by atoms with Crippen molar-refractivity contribution in [3.8, 4) is 11.4 Å². The van der Waals surface area contributed by atoms with Crippen molar-refractivity contribution in [3.05, 3.63) is 108 Å². The van der Waals surface area contributed by atoms with Crippen LogP contribution in [0.3, 0.4) is 0 Å². The molecule has 10 nitrogen and oxygen atoms in total. The molecule has 0 aliphatic carbocycles. The molecule has 4 aromatic carbocycles. The van der Waals surface area contributed by atoms with Crippen LogP contribution in [0, 0.1) is 0 Å². The summed E-state index contributed by atoms with van der Waals surface area (Å²) in [7, 11) is 0. The third-order valence-electron chi connectivity index (χ3n) is 7.64. The first-order chi connectivity index (χ1) is 20.8. The minimum Gasteiger partial charge on any atom is -0.438 e. The predicted molar refractivity (Wildman–Crippen MR) is 154 cm³/mol. The van der Waals surface area contributed by atoms with E-state index in [-0.39, 0.29) is 13.2 Å². The molecule has 10 heteroatoms. The summed E-state index contributed by atoms with van der Waals surface area (Å²) >= 11 is 0. The molecule has 8 aromatic rings. The number of hydrogen-bond acceptors (Lipinski definition) is 8. The maximum Gasteiger partial charge on any atom is 0.221 e. The van der Waals surface area contributed by atoms with E-state index in [1.165, 1.54) is 0 Å². The fraction of sp³-hybridized carbons (Fsp3) is 0.125. The first-order valence-electron chi connectivity index (χ1n) is 13.6. The average Bonchev–Trinajstić information content (AvgIpc) is 3.81. The maximum absolute atomic E-state index is 6.05. The number of aromatic nitrogens is 6. The molecule has 0 atom stereocenters. The van der Waals surface area contributed by atoms with Gasteiger partial charge >= 0.3 is 0 Å². The molecule has 42 heavy (non-hydrogen) atoms. The van der Waals surface area contributed by atoms with Gasteiger partial charge in [-0.25, -0.2) is 19.9 Å². The SMILES string of the molecule is c1cc2ccc1COCc1ccc(cc1)-n1cnc3ccc4oc(nc4c31)COCc1nc3c(ccc4ncn-2c43)o1. The first-order valence-corrected chi connectivity index (χ1v) is 13.6. The molecular formula is C32H22N6O4. The van der Waals surface area contributed by atoms with Gasteiger partial charge in [-0.05, 0) is 59.7 Å². The van der Waals surface area contributed by atoms with E-state index in [0.29, 0.717) is 36.2 Å². The summed E-state index contributed by atoms with van der Waals surface area (Å²) < 4.78 is 28.2. The van der Waals surface area contributed by atoms with E-state index in [4.69, 9.17) is 28.3 Å². The minimum atomic E-state index is 0.164. The summed E-state index contributed by atoms with van der Waals surface area (Å²) in [6.45, 7) is 1.33. The van der Waals surface area contributed by atoms with Gasteiger partial charge < -0.3 is 18.3 Å². The fourth-order valence-electron chi connectivity index (χ4n) is 5.60.